The van der Waals surface area contributed by atoms with Crippen LogP contribution in [0.2, 0.25) is 0 Å². The van der Waals surface area contributed by atoms with Gasteiger partial charge in [0, 0.05) is 6.04 Å². The van der Waals surface area contributed by atoms with Crippen LogP contribution in [0.25, 0.3) is 0 Å². The van der Waals surface area contributed by atoms with Crippen LogP contribution in [0, 0.1) is 5.92 Å². The van der Waals surface area contributed by atoms with Gasteiger partial charge in [0.25, 0.3) is 0 Å². The Morgan fingerprint density at radius 3 is 2.59 bits per heavy atom. The van der Waals surface area contributed by atoms with Crippen LogP contribution in [0.1, 0.15) is 82.4 Å². The maximum absolute atomic E-state index is 13.8. The van der Waals surface area contributed by atoms with E-state index in [4.69, 9.17) is 0 Å². The first kappa shape index (κ1) is 24.7. The minimum absolute atomic E-state index is 0.00203. The highest BCUT2D eigenvalue weighted by Gasteiger charge is 2.45. The molecular formula is C27H40N4O3. The fraction of sp³-hybridized carbons (Fsp3) is 0.667. The second-order valence-corrected chi connectivity index (χ2v) is 10.3. The quantitative estimate of drug-likeness (QED) is 0.599. The Labute approximate surface area is 203 Å². The zero-order valence-electron chi connectivity index (χ0n) is 20.8. The van der Waals surface area contributed by atoms with Crippen LogP contribution in [0.3, 0.4) is 0 Å². The molecule has 0 radical (unpaired) electrons. The average molecular weight is 469 g/mol. The van der Waals surface area contributed by atoms with Crippen LogP contribution < -0.4 is 16.0 Å². The maximum Gasteiger partial charge on any atom is 0.246 e. The molecule has 7 heteroatoms. The Kier molecular flexibility index (Phi) is 7.91. The number of carbonyl (C=O) groups is 3. The monoisotopic (exact) mass is 468 g/mol. The summed E-state index contributed by atoms with van der Waals surface area (Å²) < 4.78 is 0. The highest BCUT2D eigenvalue weighted by Crippen LogP contribution is 2.35. The van der Waals surface area contributed by atoms with Gasteiger partial charge in [0.2, 0.25) is 17.7 Å². The molecule has 3 aliphatic rings. The van der Waals surface area contributed by atoms with Crippen molar-refractivity contribution in [2.24, 2.45) is 5.92 Å². The summed E-state index contributed by atoms with van der Waals surface area (Å²) in [6, 6.07) is 6.97. The minimum Gasteiger partial charge on any atom is -0.347 e. The number of benzene rings is 1. The largest absolute Gasteiger partial charge is 0.347 e. The number of aryl methyl sites for hydroxylation is 1. The highest BCUT2D eigenvalue weighted by atomic mass is 16.2. The molecule has 0 saturated carbocycles. The molecule has 186 valence electrons. The Morgan fingerprint density at radius 1 is 1.06 bits per heavy atom. The molecule has 1 aliphatic carbocycles. The molecule has 7 nitrogen and oxygen atoms in total. The highest BCUT2D eigenvalue weighted by molar-refractivity contribution is 5.93. The fourth-order valence-electron chi connectivity index (χ4n) is 6.01. The number of rotatable bonds is 6. The zero-order valence-corrected chi connectivity index (χ0v) is 20.8. The van der Waals surface area contributed by atoms with Crippen molar-refractivity contribution >= 4 is 17.7 Å². The molecule has 2 saturated heterocycles. The van der Waals surface area contributed by atoms with E-state index in [-0.39, 0.29) is 35.8 Å². The number of likely N-dealkylation sites (N-methyl/N-ethyl adjacent to an activating group) is 1. The van der Waals surface area contributed by atoms with Gasteiger partial charge in [-0.05, 0) is 82.4 Å². The third-order valence-electron chi connectivity index (χ3n) is 8.24. The van der Waals surface area contributed by atoms with Crippen molar-refractivity contribution < 1.29 is 14.4 Å². The third kappa shape index (κ3) is 5.14. The molecule has 3 N–H and O–H groups in total. The Balaban J connectivity index is 1.52. The van der Waals surface area contributed by atoms with Crippen LogP contribution in [-0.2, 0) is 20.8 Å². The molecule has 0 spiro atoms. The van der Waals surface area contributed by atoms with Crippen LogP contribution in [0.4, 0.5) is 0 Å². The van der Waals surface area contributed by atoms with E-state index >= 15 is 0 Å². The number of nitrogens with zero attached hydrogens (tertiary/aromatic N) is 1. The van der Waals surface area contributed by atoms with Crippen molar-refractivity contribution in [3.8, 4) is 0 Å². The van der Waals surface area contributed by atoms with Gasteiger partial charge in [-0.2, -0.15) is 0 Å². The summed E-state index contributed by atoms with van der Waals surface area (Å²) in [5.41, 5.74) is 2.50. The SMILES string of the molecule is CC[C@@H]1CC[C@H]2CC[C@@H](C(=O)N[C@@H]3CCCc4ccccc43)N2C(=O)[C@@H](NC(=O)[C@H](C)NC)C1. The molecule has 3 amide bonds. The van der Waals surface area contributed by atoms with Gasteiger partial charge in [-0.15, -0.1) is 0 Å². The summed E-state index contributed by atoms with van der Waals surface area (Å²) in [6.45, 7) is 3.94. The lowest BCUT2D eigenvalue weighted by atomic mass is 9.87. The van der Waals surface area contributed by atoms with E-state index in [1.807, 2.05) is 11.0 Å². The van der Waals surface area contributed by atoms with Gasteiger partial charge in [-0.25, -0.2) is 0 Å². The molecule has 1 aromatic rings. The fourth-order valence-corrected chi connectivity index (χ4v) is 6.01. The molecule has 2 aliphatic heterocycles. The maximum atomic E-state index is 13.8. The second-order valence-electron chi connectivity index (χ2n) is 10.3. The topological polar surface area (TPSA) is 90.5 Å². The molecule has 34 heavy (non-hydrogen) atoms. The number of carbonyl (C=O) groups excluding carboxylic acids is 3. The molecule has 0 bridgehead atoms. The van der Waals surface area contributed by atoms with Gasteiger partial charge in [0.1, 0.15) is 12.1 Å². The number of fused-ring (bicyclic) bond motifs is 2. The zero-order chi connectivity index (χ0) is 24.2. The van der Waals surface area contributed by atoms with Crippen molar-refractivity contribution in [3.63, 3.8) is 0 Å². The van der Waals surface area contributed by atoms with Crippen molar-refractivity contribution in [1.82, 2.24) is 20.9 Å². The van der Waals surface area contributed by atoms with E-state index in [2.05, 4.69) is 41.1 Å². The second kappa shape index (κ2) is 10.9. The lowest BCUT2D eigenvalue weighted by molar-refractivity contribution is -0.145. The van der Waals surface area contributed by atoms with Gasteiger partial charge < -0.3 is 20.9 Å². The smallest absolute Gasteiger partial charge is 0.246 e. The van der Waals surface area contributed by atoms with Gasteiger partial charge in [0.15, 0.2) is 0 Å². The number of nitrogens with one attached hydrogen (secondary N) is 3. The summed E-state index contributed by atoms with van der Waals surface area (Å²) in [6.07, 6.45) is 8.10. The molecular weight excluding hydrogens is 428 g/mol. The minimum atomic E-state index is -0.583. The van der Waals surface area contributed by atoms with Crippen molar-refractivity contribution in [2.75, 3.05) is 7.05 Å². The number of amides is 3. The van der Waals surface area contributed by atoms with E-state index in [0.29, 0.717) is 18.8 Å². The Morgan fingerprint density at radius 2 is 1.82 bits per heavy atom. The van der Waals surface area contributed by atoms with E-state index in [0.717, 1.165) is 44.9 Å². The molecule has 1 aromatic carbocycles. The van der Waals surface area contributed by atoms with Crippen molar-refractivity contribution in [1.29, 1.82) is 0 Å². The van der Waals surface area contributed by atoms with E-state index in [9.17, 15) is 14.4 Å². The van der Waals surface area contributed by atoms with Crippen LogP contribution in [-0.4, -0.2) is 53.8 Å². The van der Waals surface area contributed by atoms with E-state index < -0.39 is 12.1 Å². The Hall–Kier alpha value is -2.41. The first-order chi connectivity index (χ1) is 16.4. The normalized spacial score (nSPS) is 29.9. The molecule has 2 heterocycles. The number of hydrogen-bond donors (Lipinski definition) is 3. The predicted molar refractivity (Wildman–Crippen MR) is 132 cm³/mol. The van der Waals surface area contributed by atoms with Gasteiger partial charge in [0.05, 0.1) is 12.1 Å². The molecule has 2 fully saturated rings. The summed E-state index contributed by atoms with van der Waals surface area (Å²) in [5, 5.41) is 9.22. The lowest BCUT2D eigenvalue weighted by Crippen LogP contribution is -2.58. The summed E-state index contributed by atoms with van der Waals surface area (Å²) in [7, 11) is 1.74. The first-order valence-corrected chi connectivity index (χ1v) is 13.1. The first-order valence-electron chi connectivity index (χ1n) is 13.1. The average Bonchev–Trinajstić information content (AvgIpc) is 3.27. The molecule has 0 aromatic heterocycles. The summed E-state index contributed by atoms with van der Waals surface area (Å²) in [5.74, 6) is 0.0695. The third-order valence-corrected chi connectivity index (χ3v) is 8.24. The standard InChI is InChI=1S/C27H40N4O3/c1-4-18-12-13-20-14-15-24(31(20)27(34)23(16-18)30-25(32)17(2)28-3)26(33)29-22-11-7-9-19-8-5-6-10-21(19)22/h5-6,8,10,17-18,20,22-24,28H,4,7,9,11-16H2,1-3H3,(H,29,33)(H,30,32)/t17-,18+,20-,22+,23-,24-/m0/s1. The van der Waals surface area contributed by atoms with Crippen molar-refractivity contribution in [2.45, 2.75) is 102 Å². The van der Waals surface area contributed by atoms with E-state index in [1.54, 1.807) is 14.0 Å². The van der Waals surface area contributed by atoms with Crippen LogP contribution in [0.15, 0.2) is 24.3 Å². The molecule has 6 atom stereocenters. The van der Waals surface area contributed by atoms with Crippen LogP contribution in [0.5, 0.6) is 0 Å². The molecule has 0 unspecified atom stereocenters. The lowest BCUT2D eigenvalue weighted by Gasteiger charge is -2.38. The predicted octanol–water partition coefficient (Wildman–Crippen LogP) is 2.84. The Bertz CT molecular complexity index is 904. The van der Waals surface area contributed by atoms with Gasteiger partial charge in [-0.3, -0.25) is 14.4 Å². The number of hydrogen-bond acceptors (Lipinski definition) is 4. The van der Waals surface area contributed by atoms with Crippen LogP contribution >= 0.6 is 0 Å². The molecule has 4 rings (SSSR count). The summed E-state index contributed by atoms with van der Waals surface area (Å²) in [4.78, 5) is 41.8. The van der Waals surface area contributed by atoms with Gasteiger partial charge >= 0.3 is 0 Å². The van der Waals surface area contributed by atoms with E-state index in [1.165, 1.54) is 11.1 Å². The van der Waals surface area contributed by atoms with Crippen molar-refractivity contribution in [3.05, 3.63) is 35.4 Å². The summed E-state index contributed by atoms with van der Waals surface area (Å²) >= 11 is 0. The van der Waals surface area contributed by atoms with Gasteiger partial charge in [-0.1, -0.05) is 37.6 Å².